The van der Waals surface area contributed by atoms with E-state index in [-0.39, 0.29) is 11.5 Å². The van der Waals surface area contributed by atoms with Crippen LogP contribution in [-0.4, -0.2) is 26.0 Å². The van der Waals surface area contributed by atoms with E-state index in [9.17, 15) is 13.2 Å². The fourth-order valence-electron chi connectivity index (χ4n) is 2.07. The molecule has 0 aromatic heterocycles. The van der Waals surface area contributed by atoms with Gasteiger partial charge in [-0.25, -0.2) is 13.2 Å². The van der Waals surface area contributed by atoms with E-state index in [1.807, 2.05) is 19.9 Å². The molecule has 0 aliphatic heterocycles. The summed E-state index contributed by atoms with van der Waals surface area (Å²) in [6.45, 7) is 5.38. The van der Waals surface area contributed by atoms with E-state index in [1.54, 1.807) is 37.3 Å². The van der Waals surface area contributed by atoms with Crippen molar-refractivity contribution in [2.24, 2.45) is 5.10 Å². The molecule has 0 fully saturated rings. The lowest BCUT2D eigenvalue weighted by atomic mass is 10.2. The minimum Gasteiger partial charge on any atom is -0.461 e. The van der Waals surface area contributed by atoms with Crippen molar-refractivity contribution in [3.8, 4) is 0 Å². The van der Waals surface area contributed by atoms with E-state index in [0.717, 1.165) is 11.1 Å². The number of carbonyl (C=O) groups excluding carboxylic acids is 1. The third kappa shape index (κ3) is 4.67. The van der Waals surface area contributed by atoms with Crippen LogP contribution in [0.25, 0.3) is 0 Å². The molecule has 25 heavy (non-hydrogen) atoms. The molecular formula is C18H20N2O4S. The lowest BCUT2D eigenvalue weighted by Gasteiger charge is -2.09. The second-order valence-electron chi connectivity index (χ2n) is 5.44. The van der Waals surface area contributed by atoms with Crippen LogP contribution in [0.4, 0.5) is 5.69 Å². The Kier molecular flexibility index (Phi) is 5.93. The van der Waals surface area contributed by atoms with Gasteiger partial charge in [-0.05, 0) is 50.6 Å². The van der Waals surface area contributed by atoms with Crippen LogP contribution in [0, 0.1) is 13.8 Å². The first-order valence-electron chi connectivity index (χ1n) is 7.74. The molecule has 0 amide bonds. The summed E-state index contributed by atoms with van der Waals surface area (Å²) in [6.07, 6.45) is 0. The zero-order chi connectivity index (χ0) is 18.4. The van der Waals surface area contributed by atoms with Crippen molar-refractivity contribution in [2.75, 3.05) is 12.0 Å². The van der Waals surface area contributed by atoms with E-state index in [0.29, 0.717) is 5.69 Å². The molecule has 1 N–H and O–H groups in total. The van der Waals surface area contributed by atoms with Crippen LogP contribution in [0.2, 0.25) is 0 Å². The van der Waals surface area contributed by atoms with Crippen LogP contribution in [-0.2, 0) is 19.4 Å². The first kappa shape index (κ1) is 18.7. The van der Waals surface area contributed by atoms with Gasteiger partial charge in [0.05, 0.1) is 17.2 Å². The molecule has 0 saturated heterocycles. The highest BCUT2D eigenvalue weighted by Crippen LogP contribution is 2.16. The highest BCUT2D eigenvalue weighted by molar-refractivity contribution is 8.08. The molecule has 6 nitrogen and oxygen atoms in total. The normalized spacial score (nSPS) is 11.9. The quantitative estimate of drug-likeness (QED) is 0.392. The fraction of sp³-hybridized carbons (Fsp3) is 0.222. The molecule has 2 aromatic rings. The molecule has 0 spiro atoms. The van der Waals surface area contributed by atoms with Gasteiger partial charge in [0.15, 0.2) is 0 Å². The minimum absolute atomic E-state index is 0.0176. The monoisotopic (exact) mass is 360 g/mol. The number of sulfone groups is 1. The van der Waals surface area contributed by atoms with E-state index in [4.69, 9.17) is 4.74 Å². The van der Waals surface area contributed by atoms with Crippen molar-refractivity contribution in [2.45, 2.75) is 25.7 Å². The van der Waals surface area contributed by atoms with E-state index < -0.39 is 20.9 Å². The molecule has 7 heteroatoms. The smallest absolute Gasteiger partial charge is 0.371 e. The highest BCUT2D eigenvalue weighted by Gasteiger charge is 2.30. The van der Waals surface area contributed by atoms with Crippen LogP contribution < -0.4 is 5.43 Å². The molecule has 0 radical (unpaired) electrons. The van der Waals surface area contributed by atoms with Crippen molar-refractivity contribution < 1.29 is 17.9 Å². The summed E-state index contributed by atoms with van der Waals surface area (Å²) >= 11 is 0. The molecule has 0 saturated carbocycles. The summed E-state index contributed by atoms with van der Waals surface area (Å²) in [5, 5.41) is 3.15. The van der Waals surface area contributed by atoms with Gasteiger partial charge in [-0.1, -0.05) is 29.8 Å². The average molecular weight is 360 g/mol. The van der Waals surface area contributed by atoms with Crippen molar-refractivity contribution in [1.82, 2.24) is 0 Å². The number of carbonyl (C=O) groups is 1. The molecule has 0 bridgehead atoms. The third-order valence-electron chi connectivity index (χ3n) is 3.34. The van der Waals surface area contributed by atoms with Crippen molar-refractivity contribution in [1.29, 1.82) is 0 Å². The molecule has 2 aromatic carbocycles. The van der Waals surface area contributed by atoms with Gasteiger partial charge in [0.2, 0.25) is 9.84 Å². The maximum Gasteiger partial charge on any atom is 0.371 e. The van der Waals surface area contributed by atoms with Gasteiger partial charge in [-0.2, -0.15) is 5.10 Å². The lowest BCUT2D eigenvalue weighted by molar-refractivity contribution is -0.134. The number of ether oxygens (including phenoxy) is 1. The number of anilines is 1. The maximum absolute atomic E-state index is 12.8. The summed E-state index contributed by atoms with van der Waals surface area (Å²) in [5.74, 6) is -0.997. The standard InChI is InChI=1S/C18H20N2O4S/c1-4-24-18(21)17(20-19-15-7-5-6-14(3)12-15)25(22,23)16-10-8-13(2)9-11-16/h5-12,19H,4H2,1-3H3. The Labute approximate surface area is 147 Å². The minimum atomic E-state index is -4.11. The molecular weight excluding hydrogens is 340 g/mol. The fourth-order valence-corrected chi connectivity index (χ4v) is 3.23. The molecule has 0 atom stereocenters. The molecule has 0 aliphatic rings. The Bertz CT molecular complexity index is 888. The Morgan fingerprint density at radius 1 is 1.08 bits per heavy atom. The van der Waals surface area contributed by atoms with E-state index in [2.05, 4.69) is 10.5 Å². The number of hydrogen-bond acceptors (Lipinski definition) is 6. The first-order valence-corrected chi connectivity index (χ1v) is 9.22. The number of esters is 1. The topological polar surface area (TPSA) is 84.8 Å². The summed E-state index contributed by atoms with van der Waals surface area (Å²) in [7, 11) is -4.11. The predicted molar refractivity (Wildman–Crippen MR) is 97.2 cm³/mol. The van der Waals surface area contributed by atoms with Crippen LogP contribution >= 0.6 is 0 Å². The van der Waals surface area contributed by atoms with Gasteiger partial charge in [-0.3, -0.25) is 5.43 Å². The second-order valence-corrected chi connectivity index (χ2v) is 7.30. The summed E-state index contributed by atoms with van der Waals surface area (Å²) in [6, 6.07) is 13.4. The summed E-state index contributed by atoms with van der Waals surface area (Å²) in [5.41, 5.74) is 5.07. The van der Waals surface area contributed by atoms with Gasteiger partial charge in [0.1, 0.15) is 0 Å². The summed E-state index contributed by atoms with van der Waals surface area (Å²) in [4.78, 5) is 12.1. The molecule has 132 valence electrons. The highest BCUT2D eigenvalue weighted by atomic mass is 32.2. The van der Waals surface area contributed by atoms with Crippen LogP contribution in [0.3, 0.4) is 0 Å². The molecule has 0 aliphatic carbocycles. The number of benzene rings is 2. The first-order chi connectivity index (χ1) is 11.8. The number of aryl methyl sites for hydroxylation is 2. The van der Waals surface area contributed by atoms with Gasteiger partial charge in [0, 0.05) is 0 Å². The Hall–Kier alpha value is -2.67. The Morgan fingerprint density at radius 2 is 1.76 bits per heavy atom. The molecule has 0 heterocycles. The van der Waals surface area contributed by atoms with E-state index >= 15 is 0 Å². The van der Waals surface area contributed by atoms with Gasteiger partial charge < -0.3 is 4.74 Å². The lowest BCUT2D eigenvalue weighted by Crippen LogP contribution is -2.28. The zero-order valence-corrected chi connectivity index (χ0v) is 15.1. The van der Waals surface area contributed by atoms with Crippen LogP contribution in [0.1, 0.15) is 18.1 Å². The van der Waals surface area contributed by atoms with Crippen molar-refractivity contribution >= 4 is 26.5 Å². The SMILES string of the molecule is CCOC(=O)C(=NNc1cccc(C)c1)S(=O)(=O)c1ccc(C)cc1. The molecule has 2 rings (SSSR count). The van der Waals surface area contributed by atoms with E-state index in [1.165, 1.54) is 12.1 Å². The number of nitrogens with one attached hydrogen (secondary N) is 1. The Balaban J connectivity index is 2.43. The van der Waals surface area contributed by atoms with Crippen molar-refractivity contribution in [3.63, 3.8) is 0 Å². The van der Waals surface area contributed by atoms with Gasteiger partial charge >= 0.3 is 5.97 Å². The number of nitrogens with zero attached hydrogens (tertiary/aromatic N) is 1. The number of hydrazone groups is 1. The summed E-state index contributed by atoms with van der Waals surface area (Å²) < 4.78 is 30.4. The number of rotatable bonds is 4. The predicted octanol–water partition coefficient (Wildman–Crippen LogP) is 3.07. The third-order valence-corrected chi connectivity index (χ3v) is 5.00. The van der Waals surface area contributed by atoms with Gasteiger partial charge in [-0.15, -0.1) is 0 Å². The molecule has 0 unspecified atom stereocenters. The maximum atomic E-state index is 12.8. The van der Waals surface area contributed by atoms with Crippen molar-refractivity contribution in [3.05, 3.63) is 59.7 Å². The Morgan fingerprint density at radius 3 is 2.36 bits per heavy atom. The average Bonchev–Trinajstić information content (AvgIpc) is 2.55. The zero-order valence-electron chi connectivity index (χ0n) is 14.3. The van der Waals surface area contributed by atoms with Gasteiger partial charge in [0.25, 0.3) is 5.04 Å². The van der Waals surface area contributed by atoms with Crippen LogP contribution in [0.15, 0.2) is 58.5 Å². The number of hydrogen-bond donors (Lipinski definition) is 1. The largest absolute Gasteiger partial charge is 0.461 e. The second kappa shape index (κ2) is 7.94. The van der Waals surface area contributed by atoms with Crippen LogP contribution in [0.5, 0.6) is 0 Å².